The van der Waals surface area contributed by atoms with Crippen LogP contribution in [0.4, 0.5) is 22.7 Å². The van der Waals surface area contributed by atoms with Crippen LogP contribution in [0.2, 0.25) is 0 Å². The summed E-state index contributed by atoms with van der Waals surface area (Å²) < 4.78 is 62.2. The molecule has 0 amide bonds. The van der Waals surface area contributed by atoms with Gasteiger partial charge in [0, 0.05) is 83.5 Å². The molecule has 9 aromatic carbocycles. The van der Waals surface area contributed by atoms with Crippen molar-refractivity contribution in [3.05, 3.63) is 248 Å². The maximum Gasteiger partial charge on any atom is 0.135 e. The van der Waals surface area contributed by atoms with Crippen LogP contribution in [0.1, 0.15) is 40.1 Å². The molecule has 348 valence electrons. The van der Waals surface area contributed by atoms with E-state index in [-0.39, 0.29) is 67.4 Å². The van der Waals surface area contributed by atoms with Crippen molar-refractivity contribution >= 4 is 44.6 Å². The topological polar surface area (TPSA) is 33.5 Å². The minimum Gasteiger partial charge on any atom is -0.509 e. The molecule has 0 spiro atoms. The van der Waals surface area contributed by atoms with Gasteiger partial charge in [-0.3, -0.25) is 0 Å². The van der Waals surface area contributed by atoms with E-state index in [4.69, 9.17) is 13.8 Å². The standard InChI is InChI=1S/C65H49N4O.Pt/c1-44-38-63(66-42-58(44)48-22-12-7-13-23-48)69-59-37-32-49(45-30-33-50(34-31-45)65(2,3)4)39-57(59)56-36-35-53(41-62(56)69)70-52-25-16-24-51(40-52)67-43-68(61-29-15-14-28-60(61)67)64-54(46-18-8-5-9-19-46)26-17-27-55(64)47-20-10-6-11-21-47;/h5-39,42-43H,1-4H3;/q-3;/i1D3,16D,24D,25D;. The van der Waals surface area contributed by atoms with Crippen LogP contribution in [-0.2, 0) is 26.5 Å². The zero-order chi connectivity index (χ0) is 52.5. The first-order valence-corrected chi connectivity index (χ1v) is 23.4. The van der Waals surface area contributed by atoms with E-state index in [0.717, 1.165) is 72.3 Å². The zero-order valence-corrected chi connectivity index (χ0v) is 41.4. The van der Waals surface area contributed by atoms with E-state index in [1.54, 1.807) is 18.3 Å². The molecule has 0 fully saturated rings. The number of aromatic nitrogens is 2. The van der Waals surface area contributed by atoms with Crippen molar-refractivity contribution in [2.24, 2.45) is 0 Å². The van der Waals surface area contributed by atoms with Crippen molar-refractivity contribution in [1.82, 2.24) is 9.55 Å². The van der Waals surface area contributed by atoms with Gasteiger partial charge in [-0.1, -0.05) is 184 Å². The molecule has 11 aromatic rings. The maximum absolute atomic E-state index is 9.35. The summed E-state index contributed by atoms with van der Waals surface area (Å²) in [4.78, 5) is 8.90. The summed E-state index contributed by atoms with van der Waals surface area (Å²) in [7, 11) is 0. The minimum absolute atomic E-state index is 0. The van der Waals surface area contributed by atoms with Crippen molar-refractivity contribution in [1.29, 1.82) is 0 Å². The number of aryl methyl sites for hydroxylation is 1. The van der Waals surface area contributed by atoms with Gasteiger partial charge < -0.3 is 19.1 Å². The number of benzene rings is 9. The van der Waals surface area contributed by atoms with Crippen molar-refractivity contribution in [3.63, 3.8) is 0 Å². The third-order valence-electron chi connectivity index (χ3n) is 13.1. The van der Waals surface area contributed by atoms with Crippen LogP contribution in [0, 0.1) is 25.7 Å². The van der Waals surface area contributed by atoms with Crippen LogP contribution < -0.4 is 14.5 Å². The normalized spacial score (nSPS) is 13.7. The van der Waals surface area contributed by atoms with E-state index in [0.29, 0.717) is 16.9 Å². The number of para-hydroxylation sites is 3. The molecule has 12 rings (SSSR count). The molecule has 0 aliphatic carbocycles. The summed E-state index contributed by atoms with van der Waals surface area (Å²) in [5.74, 6) is 0.529. The van der Waals surface area contributed by atoms with Crippen molar-refractivity contribution in [2.75, 3.05) is 9.80 Å². The fourth-order valence-electron chi connectivity index (χ4n) is 9.55. The molecule has 6 heteroatoms. The summed E-state index contributed by atoms with van der Waals surface area (Å²) >= 11 is 0. The van der Waals surface area contributed by atoms with Crippen molar-refractivity contribution in [3.8, 4) is 61.8 Å². The second-order valence-corrected chi connectivity index (χ2v) is 18.5. The number of pyridine rings is 1. The van der Waals surface area contributed by atoms with Gasteiger partial charge in [-0.25, -0.2) is 4.98 Å². The monoisotopic (exact) mass is 1100 g/mol. The Bertz CT molecular complexity index is 3950. The molecule has 0 bridgehead atoms. The smallest absolute Gasteiger partial charge is 0.135 e. The van der Waals surface area contributed by atoms with E-state index in [9.17, 15) is 4.11 Å². The van der Waals surface area contributed by atoms with Crippen LogP contribution in [0.15, 0.2) is 218 Å². The van der Waals surface area contributed by atoms with Gasteiger partial charge >= 0.3 is 0 Å². The first kappa shape index (κ1) is 38.8. The number of nitrogens with zero attached hydrogens (tertiary/aromatic N) is 4. The van der Waals surface area contributed by atoms with Gasteiger partial charge in [-0.05, 0) is 83.6 Å². The summed E-state index contributed by atoms with van der Waals surface area (Å²) in [5.41, 5.74) is 12.8. The predicted octanol–water partition coefficient (Wildman–Crippen LogP) is 17.3. The number of fused-ring (bicyclic) bond motifs is 4. The Balaban J connectivity index is 0.00000631. The molecular weight excluding hydrogens is 1050 g/mol. The van der Waals surface area contributed by atoms with Crippen LogP contribution in [0.5, 0.6) is 11.5 Å². The number of hydrogen-bond acceptors (Lipinski definition) is 4. The van der Waals surface area contributed by atoms with E-state index in [1.807, 2.05) is 119 Å². The Morgan fingerprint density at radius 2 is 1.18 bits per heavy atom. The Hall–Kier alpha value is -7.98. The predicted molar refractivity (Wildman–Crippen MR) is 289 cm³/mol. The summed E-state index contributed by atoms with van der Waals surface area (Å²) in [6.07, 6.45) is 1.62. The van der Waals surface area contributed by atoms with Crippen molar-refractivity contribution in [2.45, 2.75) is 33.0 Å². The van der Waals surface area contributed by atoms with Gasteiger partial charge in [0.2, 0.25) is 0 Å². The fraction of sp³-hybridized carbons (Fsp3) is 0.0769. The molecule has 1 aliphatic heterocycles. The van der Waals surface area contributed by atoms with Gasteiger partial charge in [-0.15, -0.1) is 48.0 Å². The largest absolute Gasteiger partial charge is 0.509 e. The molecule has 0 atom stereocenters. The van der Waals surface area contributed by atoms with E-state index >= 15 is 0 Å². The molecule has 0 saturated heterocycles. The Morgan fingerprint density at radius 3 is 1.83 bits per heavy atom. The maximum atomic E-state index is 9.35. The van der Waals surface area contributed by atoms with E-state index in [1.165, 1.54) is 5.56 Å². The number of rotatable bonds is 9. The Labute approximate surface area is 439 Å². The Morgan fingerprint density at radius 1 is 0.563 bits per heavy atom. The zero-order valence-electron chi connectivity index (χ0n) is 45.1. The summed E-state index contributed by atoms with van der Waals surface area (Å²) in [6.45, 7) is 6.04. The number of ether oxygens (including phenoxy) is 1. The van der Waals surface area contributed by atoms with Crippen LogP contribution in [0.3, 0.4) is 0 Å². The molecule has 0 N–H and O–H groups in total. The quantitative estimate of drug-likeness (QED) is 0.135. The SMILES string of the molecule is [2H]c1c(Oc2[c-]c3c(cc2)c2cc(-c4ccc(C(C)(C)C)cc4)ccc2n3-c2cc(C([2H])([2H])[2H])c(-c3ccccc3)cn2)[c-]c(N2[CH-]N(c3c(-c4ccccc4)cccc3-c3ccccc3)c3ccccc32)c([2H])c1[2H].[Pt]. The van der Waals surface area contributed by atoms with E-state index < -0.39 is 6.85 Å². The van der Waals surface area contributed by atoms with Crippen LogP contribution >= 0.6 is 0 Å². The van der Waals surface area contributed by atoms with Crippen LogP contribution in [-0.4, -0.2) is 9.55 Å². The summed E-state index contributed by atoms with van der Waals surface area (Å²) in [5, 5.41) is 1.70. The Kier molecular flexibility index (Phi) is 10.2. The molecule has 0 saturated carbocycles. The van der Waals surface area contributed by atoms with Gasteiger partial charge in [0.05, 0.1) is 0 Å². The average molecular weight is 1100 g/mol. The van der Waals surface area contributed by atoms with Gasteiger partial charge in [0.1, 0.15) is 5.82 Å². The van der Waals surface area contributed by atoms with Gasteiger partial charge in [0.15, 0.2) is 0 Å². The molecule has 71 heavy (non-hydrogen) atoms. The van der Waals surface area contributed by atoms with Crippen molar-refractivity contribution < 1.29 is 34.0 Å². The van der Waals surface area contributed by atoms with Gasteiger partial charge in [0.25, 0.3) is 0 Å². The number of hydrogen-bond donors (Lipinski definition) is 0. The first-order chi connectivity index (χ1) is 36.7. The summed E-state index contributed by atoms with van der Waals surface area (Å²) in [6, 6.07) is 70.1. The third-order valence-corrected chi connectivity index (χ3v) is 13.1. The van der Waals surface area contributed by atoms with Gasteiger partial charge in [-0.2, -0.15) is 12.1 Å². The molecule has 2 aromatic heterocycles. The molecule has 5 nitrogen and oxygen atoms in total. The second-order valence-electron chi connectivity index (χ2n) is 18.5. The second kappa shape index (κ2) is 18.7. The molecule has 1 aliphatic rings. The molecule has 0 unspecified atom stereocenters. The number of anilines is 4. The fourth-order valence-corrected chi connectivity index (χ4v) is 9.55. The first-order valence-electron chi connectivity index (χ1n) is 26.4. The van der Waals surface area contributed by atoms with E-state index in [2.05, 4.69) is 117 Å². The minimum atomic E-state index is -2.47. The van der Waals surface area contributed by atoms with Crippen LogP contribution in [0.25, 0.3) is 72.1 Å². The third kappa shape index (κ3) is 8.51. The average Bonchev–Trinajstić information content (AvgIpc) is 4.20. The molecular formula is C65H49N4OPt-3. The molecule has 3 heterocycles. The molecule has 0 radical (unpaired) electrons.